The Hall–Kier alpha value is -1.45. The molecule has 1 atom stereocenters. The molecule has 1 rings (SSSR count). The van der Waals surface area contributed by atoms with E-state index in [0.29, 0.717) is 0 Å². The van der Waals surface area contributed by atoms with Crippen LogP contribution in [-0.4, -0.2) is 29.1 Å². The van der Waals surface area contributed by atoms with Gasteiger partial charge in [0, 0.05) is 6.42 Å². The minimum atomic E-state index is -6.94. The van der Waals surface area contributed by atoms with Gasteiger partial charge in [-0.25, -0.2) is 0 Å². The second kappa shape index (κ2) is 5.64. The topological polar surface area (TPSA) is 20.2 Å². The van der Waals surface area contributed by atoms with Crippen molar-refractivity contribution in [3.63, 3.8) is 0 Å². The van der Waals surface area contributed by atoms with Crippen molar-refractivity contribution < 1.29 is 44.6 Å². The maximum Gasteiger partial charge on any atom is 0.460 e. The minimum absolute atomic E-state index is 0.326. The molecule has 0 saturated carbocycles. The first kappa shape index (κ1) is 18.6. The SMILES string of the molecule is OC(CC(F)(F)C(F)(F)C(F)(F)C(F)(F)F)c1ccccc1. The Kier molecular flexibility index (Phi) is 4.76. The molecule has 0 saturated heterocycles. The number of rotatable bonds is 5. The van der Waals surface area contributed by atoms with Gasteiger partial charge in [0.25, 0.3) is 0 Å². The molecule has 0 fully saturated rings. The number of alkyl halides is 9. The highest BCUT2D eigenvalue weighted by atomic mass is 19.4. The van der Waals surface area contributed by atoms with E-state index in [1.165, 1.54) is 18.2 Å². The number of hydrogen-bond donors (Lipinski definition) is 1. The third-order valence-corrected chi connectivity index (χ3v) is 2.84. The number of benzene rings is 1. The molecular formula is C12H9F9O. The Morgan fingerprint density at radius 1 is 0.773 bits per heavy atom. The van der Waals surface area contributed by atoms with Gasteiger partial charge in [-0.3, -0.25) is 0 Å². The lowest BCUT2D eigenvalue weighted by atomic mass is 9.95. The third kappa shape index (κ3) is 3.16. The number of hydrogen-bond acceptors (Lipinski definition) is 1. The van der Waals surface area contributed by atoms with Crippen molar-refractivity contribution in [2.75, 3.05) is 0 Å². The molecule has 1 aromatic carbocycles. The fraction of sp³-hybridized carbons (Fsp3) is 0.500. The smallest absolute Gasteiger partial charge is 0.388 e. The van der Waals surface area contributed by atoms with Gasteiger partial charge in [0.2, 0.25) is 0 Å². The van der Waals surface area contributed by atoms with E-state index in [2.05, 4.69) is 0 Å². The summed E-state index contributed by atoms with van der Waals surface area (Å²) in [5, 5.41) is 9.35. The highest BCUT2D eigenvalue weighted by Crippen LogP contribution is 2.54. The fourth-order valence-electron chi connectivity index (χ4n) is 1.57. The Balaban J connectivity index is 3.07. The summed E-state index contributed by atoms with van der Waals surface area (Å²) in [6.07, 6.45) is -11.5. The van der Waals surface area contributed by atoms with Crippen molar-refractivity contribution in [3.8, 4) is 0 Å². The normalized spacial score (nSPS) is 15.7. The molecule has 1 nitrogen and oxygen atoms in total. The predicted octanol–water partition coefficient (Wildman–Crippen LogP) is 4.58. The van der Waals surface area contributed by atoms with Crippen LogP contribution in [0.5, 0.6) is 0 Å². The largest absolute Gasteiger partial charge is 0.460 e. The molecule has 1 aromatic rings. The summed E-state index contributed by atoms with van der Waals surface area (Å²) >= 11 is 0. The van der Waals surface area contributed by atoms with Crippen molar-refractivity contribution in [1.29, 1.82) is 0 Å². The van der Waals surface area contributed by atoms with Gasteiger partial charge in [0.1, 0.15) is 0 Å². The molecule has 1 unspecified atom stereocenters. The summed E-state index contributed by atoms with van der Waals surface area (Å²) in [5.41, 5.74) is -0.326. The molecule has 0 aliphatic carbocycles. The highest BCUT2D eigenvalue weighted by molar-refractivity contribution is 5.18. The summed E-state index contributed by atoms with van der Waals surface area (Å²) in [6.45, 7) is 0. The van der Waals surface area contributed by atoms with E-state index >= 15 is 0 Å². The molecule has 1 N–H and O–H groups in total. The van der Waals surface area contributed by atoms with Gasteiger partial charge in [-0.15, -0.1) is 0 Å². The minimum Gasteiger partial charge on any atom is -0.388 e. The Morgan fingerprint density at radius 2 is 1.23 bits per heavy atom. The molecule has 0 bridgehead atoms. The zero-order chi connectivity index (χ0) is 17.4. The van der Waals surface area contributed by atoms with Gasteiger partial charge in [0.15, 0.2) is 0 Å². The van der Waals surface area contributed by atoms with Gasteiger partial charge >= 0.3 is 23.9 Å². The molecule has 22 heavy (non-hydrogen) atoms. The summed E-state index contributed by atoms with van der Waals surface area (Å²) in [4.78, 5) is 0. The monoisotopic (exact) mass is 340 g/mol. The van der Waals surface area contributed by atoms with Gasteiger partial charge in [-0.05, 0) is 5.56 Å². The van der Waals surface area contributed by atoms with E-state index in [4.69, 9.17) is 0 Å². The van der Waals surface area contributed by atoms with Crippen molar-refractivity contribution in [3.05, 3.63) is 35.9 Å². The van der Waals surface area contributed by atoms with Crippen molar-refractivity contribution in [2.24, 2.45) is 0 Å². The molecule has 10 heteroatoms. The van der Waals surface area contributed by atoms with Gasteiger partial charge < -0.3 is 5.11 Å². The van der Waals surface area contributed by atoms with Crippen LogP contribution in [0.2, 0.25) is 0 Å². The Morgan fingerprint density at radius 3 is 1.64 bits per heavy atom. The molecular weight excluding hydrogens is 331 g/mol. The van der Waals surface area contributed by atoms with E-state index in [1.807, 2.05) is 0 Å². The predicted molar refractivity (Wildman–Crippen MR) is 56.9 cm³/mol. The second-order valence-corrected chi connectivity index (χ2v) is 4.48. The first-order chi connectivity index (χ1) is 9.74. The maximum atomic E-state index is 13.3. The molecule has 0 radical (unpaired) electrons. The average Bonchev–Trinajstić information content (AvgIpc) is 2.37. The highest BCUT2D eigenvalue weighted by Gasteiger charge is 2.81. The van der Waals surface area contributed by atoms with Crippen molar-refractivity contribution >= 4 is 0 Å². The van der Waals surface area contributed by atoms with Gasteiger partial charge in [-0.2, -0.15) is 39.5 Å². The van der Waals surface area contributed by atoms with E-state index < -0.39 is 36.5 Å². The van der Waals surface area contributed by atoms with E-state index in [9.17, 15) is 44.6 Å². The van der Waals surface area contributed by atoms with Crippen molar-refractivity contribution in [2.45, 2.75) is 36.5 Å². The maximum absolute atomic E-state index is 13.3. The quantitative estimate of drug-likeness (QED) is 0.778. The summed E-state index contributed by atoms with van der Waals surface area (Å²) < 4.78 is 114. The van der Waals surface area contributed by atoms with E-state index in [-0.39, 0.29) is 5.56 Å². The summed E-state index contributed by atoms with van der Waals surface area (Å²) in [5.74, 6) is -19.4. The van der Waals surface area contributed by atoms with E-state index in [0.717, 1.165) is 12.1 Å². The van der Waals surface area contributed by atoms with Crippen LogP contribution in [0.4, 0.5) is 39.5 Å². The Bertz CT molecular complexity index is 495. The third-order valence-electron chi connectivity index (χ3n) is 2.84. The van der Waals surface area contributed by atoms with Crippen LogP contribution in [0.15, 0.2) is 30.3 Å². The van der Waals surface area contributed by atoms with Crippen LogP contribution in [0.1, 0.15) is 18.1 Å². The van der Waals surface area contributed by atoms with Gasteiger partial charge in [-0.1, -0.05) is 30.3 Å². The zero-order valence-corrected chi connectivity index (χ0v) is 10.5. The first-order valence-corrected chi connectivity index (χ1v) is 5.67. The lowest BCUT2D eigenvalue weighted by molar-refractivity contribution is -0.398. The molecule has 0 spiro atoms. The van der Waals surface area contributed by atoms with Gasteiger partial charge in [0.05, 0.1) is 6.10 Å². The van der Waals surface area contributed by atoms with Crippen LogP contribution in [-0.2, 0) is 0 Å². The second-order valence-electron chi connectivity index (χ2n) is 4.48. The van der Waals surface area contributed by atoms with E-state index in [1.54, 1.807) is 0 Å². The molecule has 0 amide bonds. The first-order valence-electron chi connectivity index (χ1n) is 5.67. The molecule has 0 aliphatic rings. The lowest BCUT2D eigenvalue weighted by Crippen LogP contribution is -2.61. The van der Waals surface area contributed by atoms with Crippen LogP contribution < -0.4 is 0 Å². The molecule has 0 aromatic heterocycles. The van der Waals surface area contributed by atoms with Crippen LogP contribution >= 0.6 is 0 Å². The van der Waals surface area contributed by atoms with Crippen molar-refractivity contribution in [1.82, 2.24) is 0 Å². The molecule has 0 heterocycles. The Labute approximate surface area is 118 Å². The number of aliphatic hydroxyl groups is 1. The average molecular weight is 340 g/mol. The zero-order valence-electron chi connectivity index (χ0n) is 10.5. The van der Waals surface area contributed by atoms with Crippen LogP contribution in [0, 0.1) is 0 Å². The summed E-state index contributed by atoms with van der Waals surface area (Å²) in [7, 11) is 0. The number of halogens is 9. The number of aliphatic hydroxyl groups excluding tert-OH is 1. The fourth-order valence-corrected chi connectivity index (χ4v) is 1.57. The van der Waals surface area contributed by atoms with Crippen LogP contribution in [0.25, 0.3) is 0 Å². The molecule has 0 aliphatic heterocycles. The molecule has 126 valence electrons. The van der Waals surface area contributed by atoms with Crippen LogP contribution in [0.3, 0.4) is 0 Å². The lowest BCUT2D eigenvalue weighted by Gasteiger charge is -2.34. The standard InChI is InChI=1S/C12H9F9O/c13-9(14,6-8(22)7-4-2-1-3-5-7)10(15,16)11(17,18)12(19,20)21/h1-5,8,22H,6H2. The summed E-state index contributed by atoms with van der Waals surface area (Å²) in [6, 6.07) is 5.92.